The van der Waals surface area contributed by atoms with Crippen LogP contribution < -0.4 is 0 Å². The lowest BCUT2D eigenvalue weighted by atomic mass is 9.68. The minimum Gasteiger partial charge on any atom is -0.478 e. The zero-order valence-electron chi connectivity index (χ0n) is 6.34. The molecule has 3 N–H and O–H groups in total. The first-order valence-electron chi connectivity index (χ1n) is 3.58. The zero-order chi connectivity index (χ0) is 9.14. The predicted octanol–water partition coefficient (Wildman–Crippen LogP) is -0.200. The Balaban J connectivity index is 2.67. The number of allylic oxidation sites excluding steroid dienone is 3. The Kier molecular flexibility index (Phi) is 2.67. The van der Waals surface area contributed by atoms with E-state index in [1.54, 1.807) is 6.08 Å². The van der Waals surface area contributed by atoms with Crippen molar-refractivity contribution in [2.45, 2.75) is 12.2 Å². The van der Waals surface area contributed by atoms with Gasteiger partial charge in [-0.25, -0.2) is 4.79 Å². The highest BCUT2D eigenvalue weighted by Crippen LogP contribution is 2.24. The molecule has 0 aromatic heterocycles. The number of carboxylic acid groups (broad SMARTS) is 1. The molecule has 12 heavy (non-hydrogen) atoms. The lowest BCUT2D eigenvalue weighted by Gasteiger charge is -2.14. The fourth-order valence-corrected chi connectivity index (χ4v) is 1.07. The van der Waals surface area contributed by atoms with Gasteiger partial charge in [-0.3, -0.25) is 0 Å². The van der Waals surface area contributed by atoms with Gasteiger partial charge in [0.25, 0.3) is 0 Å². The van der Waals surface area contributed by atoms with Gasteiger partial charge in [0.2, 0.25) is 0 Å². The van der Waals surface area contributed by atoms with Crippen molar-refractivity contribution in [1.82, 2.24) is 0 Å². The van der Waals surface area contributed by atoms with Crippen LogP contribution in [0.1, 0.15) is 6.42 Å². The van der Waals surface area contributed by atoms with Gasteiger partial charge >= 0.3 is 13.1 Å². The SMILES string of the molecule is O=C(O)C1=CC=CC(B(O)O)C1. The Morgan fingerprint density at radius 2 is 2.25 bits per heavy atom. The van der Waals surface area contributed by atoms with Gasteiger partial charge < -0.3 is 15.2 Å². The maximum absolute atomic E-state index is 10.5. The van der Waals surface area contributed by atoms with E-state index in [9.17, 15) is 4.79 Å². The first-order valence-corrected chi connectivity index (χ1v) is 3.58. The van der Waals surface area contributed by atoms with Crippen LogP contribution in [0.4, 0.5) is 0 Å². The van der Waals surface area contributed by atoms with Gasteiger partial charge in [-0.2, -0.15) is 0 Å². The number of carboxylic acids is 1. The van der Waals surface area contributed by atoms with E-state index in [1.807, 2.05) is 0 Å². The molecule has 1 rings (SSSR count). The molecule has 0 aliphatic heterocycles. The molecule has 0 heterocycles. The smallest absolute Gasteiger partial charge is 0.459 e. The molecule has 1 atom stereocenters. The maximum atomic E-state index is 10.5. The van der Waals surface area contributed by atoms with Crippen molar-refractivity contribution >= 4 is 13.1 Å². The molecule has 0 spiro atoms. The van der Waals surface area contributed by atoms with Crippen LogP contribution in [0, 0.1) is 0 Å². The second-order valence-corrected chi connectivity index (χ2v) is 2.66. The zero-order valence-corrected chi connectivity index (χ0v) is 6.34. The van der Waals surface area contributed by atoms with Gasteiger partial charge in [0.05, 0.1) is 0 Å². The lowest BCUT2D eigenvalue weighted by molar-refractivity contribution is -0.132. The Morgan fingerprint density at radius 3 is 2.75 bits per heavy atom. The molecule has 0 bridgehead atoms. The van der Waals surface area contributed by atoms with Crippen LogP contribution in [0.5, 0.6) is 0 Å². The summed E-state index contributed by atoms with van der Waals surface area (Å²) >= 11 is 0. The molecule has 0 saturated carbocycles. The molecule has 1 unspecified atom stereocenters. The van der Waals surface area contributed by atoms with Crippen molar-refractivity contribution in [1.29, 1.82) is 0 Å². The Morgan fingerprint density at radius 1 is 1.58 bits per heavy atom. The highest BCUT2D eigenvalue weighted by atomic mass is 16.4. The van der Waals surface area contributed by atoms with E-state index in [0.29, 0.717) is 0 Å². The minimum atomic E-state index is -1.48. The third-order valence-corrected chi connectivity index (χ3v) is 1.77. The van der Waals surface area contributed by atoms with E-state index in [0.717, 1.165) is 0 Å². The highest BCUT2D eigenvalue weighted by molar-refractivity contribution is 6.44. The number of carbonyl (C=O) groups is 1. The van der Waals surface area contributed by atoms with Crippen LogP contribution in [0.3, 0.4) is 0 Å². The van der Waals surface area contributed by atoms with E-state index in [1.165, 1.54) is 12.2 Å². The van der Waals surface area contributed by atoms with E-state index in [2.05, 4.69) is 0 Å². The van der Waals surface area contributed by atoms with Crippen LogP contribution in [-0.4, -0.2) is 28.2 Å². The van der Waals surface area contributed by atoms with Crippen molar-refractivity contribution < 1.29 is 19.9 Å². The molecule has 1 aliphatic rings. The van der Waals surface area contributed by atoms with E-state index in [4.69, 9.17) is 15.2 Å². The molecule has 0 aromatic carbocycles. The van der Waals surface area contributed by atoms with Gasteiger partial charge in [0, 0.05) is 11.4 Å². The standard InChI is InChI=1S/C7H9BO4/c9-7(10)5-2-1-3-6(4-5)8(11)12/h1-3,6,11-12H,4H2,(H,9,10). The van der Waals surface area contributed by atoms with Crippen LogP contribution in [0.2, 0.25) is 5.82 Å². The Labute approximate surface area is 70.0 Å². The van der Waals surface area contributed by atoms with Gasteiger partial charge in [-0.15, -0.1) is 0 Å². The summed E-state index contributed by atoms with van der Waals surface area (Å²) < 4.78 is 0. The largest absolute Gasteiger partial charge is 0.478 e. The molecule has 64 valence electrons. The van der Waals surface area contributed by atoms with Crippen LogP contribution in [0.25, 0.3) is 0 Å². The van der Waals surface area contributed by atoms with Crippen LogP contribution in [0.15, 0.2) is 23.8 Å². The summed E-state index contributed by atoms with van der Waals surface area (Å²) in [5.41, 5.74) is 0.204. The third kappa shape index (κ3) is 1.96. The highest BCUT2D eigenvalue weighted by Gasteiger charge is 2.25. The molecule has 0 aromatic rings. The van der Waals surface area contributed by atoms with E-state index in [-0.39, 0.29) is 12.0 Å². The third-order valence-electron chi connectivity index (χ3n) is 1.77. The first kappa shape index (κ1) is 9.03. The summed E-state index contributed by atoms with van der Waals surface area (Å²) in [5, 5.41) is 26.1. The average molecular weight is 168 g/mol. The summed E-state index contributed by atoms with van der Waals surface area (Å²) in [6.45, 7) is 0. The summed E-state index contributed by atoms with van der Waals surface area (Å²) in [6.07, 6.45) is 4.73. The second kappa shape index (κ2) is 3.56. The molecular formula is C7H9BO4. The molecule has 1 aliphatic carbocycles. The fraction of sp³-hybridized carbons (Fsp3) is 0.286. The molecule has 0 saturated heterocycles. The van der Waals surface area contributed by atoms with Crippen molar-refractivity contribution in [3.63, 3.8) is 0 Å². The monoisotopic (exact) mass is 168 g/mol. The molecule has 0 radical (unpaired) electrons. The minimum absolute atomic E-state index is 0.170. The van der Waals surface area contributed by atoms with Crippen molar-refractivity contribution in [2.75, 3.05) is 0 Å². The first-order chi connectivity index (χ1) is 5.61. The second-order valence-electron chi connectivity index (χ2n) is 2.66. The lowest BCUT2D eigenvalue weighted by Crippen LogP contribution is -2.21. The number of aliphatic carboxylic acids is 1. The van der Waals surface area contributed by atoms with Crippen molar-refractivity contribution in [3.8, 4) is 0 Å². The quantitative estimate of drug-likeness (QED) is 0.499. The van der Waals surface area contributed by atoms with Crippen LogP contribution >= 0.6 is 0 Å². The summed E-state index contributed by atoms with van der Waals surface area (Å²) in [4.78, 5) is 10.5. The summed E-state index contributed by atoms with van der Waals surface area (Å²) in [5.74, 6) is -1.51. The van der Waals surface area contributed by atoms with Gasteiger partial charge in [-0.05, 0) is 6.42 Å². The van der Waals surface area contributed by atoms with E-state index < -0.39 is 18.9 Å². The number of hydrogen-bond donors (Lipinski definition) is 3. The Bertz CT molecular complexity index is 244. The van der Waals surface area contributed by atoms with Gasteiger partial charge in [0.1, 0.15) is 0 Å². The van der Waals surface area contributed by atoms with E-state index >= 15 is 0 Å². The average Bonchev–Trinajstić information content (AvgIpc) is 2.04. The molecular weight excluding hydrogens is 159 g/mol. The molecule has 5 heteroatoms. The maximum Gasteiger partial charge on any atom is 0.459 e. The number of hydrogen-bond acceptors (Lipinski definition) is 3. The normalized spacial score (nSPS) is 21.8. The molecule has 0 fully saturated rings. The Hall–Kier alpha value is -1.07. The fourth-order valence-electron chi connectivity index (χ4n) is 1.07. The van der Waals surface area contributed by atoms with Crippen molar-refractivity contribution in [3.05, 3.63) is 23.8 Å². The van der Waals surface area contributed by atoms with Gasteiger partial charge in [0.15, 0.2) is 0 Å². The molecule has 0 amide bonds. The topological polar surface area (TPSA) is 77.8 Å². The van der Waals surface area contributed by atoms with Gasteiger partial charge in [-0.1, -0.05) is 18.2 Å². The summed E-state index contributed by atoms with van der Waals surface area (Å²) in [7, 11) is -1.48. The van der Waals surface area contributed by atoms with Crippen molar-refractivity contribution in [2.24, 2.45) is 0 Å². The predicted molar refractivity (Wildman–Crippen MR) is 43.4 cm³/mol. The number of rotatable bonds is 2. The van der Waals surface area contributed by atoms with Crippen LogP contribution in [-0.2, 0) is 4.79 Å². The molecule has 4 nitrogen and oxygen atoms in total. The summed E-state index contributed by atoms with van der Waals surface area (Å²) in [6, 6.07) is 0.